The van der Waals surface area contributed by atoms with Gasteiger partial charge in [-0.15, -0.1) is 0 Å². The third-order valence-electron chi connectivity index (χ3n) is 4.35. The fourth-order valence-electron chi connectivity index (χ4n) is 2.85. The summed E-state index contributed by atoms with van der Waals surface area (Å²) in [5.74, 6) is 0. The van der Waals surface area contributed by atoms with Crippen molar-refractivity contribution in [3.05, 3.63) is 0 Å². The van der Waals surface area contributed by atoms with Crippen molar-refractivity contribution in [1.82, 2.24) is 0 Å². The highest BCUT2D eigenvalue weighted by Gasteiger charge is 2.22. The van der Waals surface area contributed by atoms with Gasteiger partial charge in [-0.25, -0.2) is 0 Å². The molecule has 2 heteroatoms. The summed E-state index contributed by atoms with van der Waals surface area (Å²) < 4.78 is 0. The monoisotopic (exact) mass is 331 g/mol. The summed E-state index contributed by atoms with van der Waals surface area (Å²) in [6.45, 7) is 4.57. The van der Waals surface area contributed by atoms with Crippen molar-refractivity contribution in [3.8, 4) is 0 Å². The van der Waals surface area contributed by atoms with Gasteiger partial charge in [-0.1, -0.05) is 97.3 Å². The molecule has 0 spiro atoms. The maximum absolute atomic E-state index is 6.52. The number of unbranched alkanes of at least 4 members (excludes halogenated alkanes) is 13. The molecule has 0 N–H and O–H groups in total. The molecule has 21 heavy (non-hydrogen) atoms. The molecule has 0 aliphatic rings. The van der Waals surface area contributed by atoms with E-state index in [-0.39, 0.29) is 0 Å². The van der Waals surface area contributed by atoms with Crippen LogP contribution in [-0.2, 0) is 0 Å². The highest BCUT2D eigenvalue weighted by Crippen LogP contribution is 2.17. The van der Waals surface area contributed by atoms with Gasteiger partial charge < -0.3 is 0 Å². The average molecular weight is 332 g/mol. The molecule has 0 aliphatic carbocycles. The molecule has 126 valence electrons. The van der Waals surface area contributed by atoms with E-state index in [4.69, 9.17) is 11.1 Å². The zero-order valence-corrected chi connectivity index (χ0v) is 16.7. The van der Waals surface area contributed by atoms with E-state index >= 15 is 0 Å². The summed E-state index contributed by atoms with van der Waals surface area (Å²) in [5, 5.41) is 0. The Balaban J connectivity index is 3.10. The average Bonchev–Trinajstić information content (AvgIpc) is 2.49. The summed E-state index contributed by atoms with van der Waals surface area (Å²) in [6.07, 6.45) is 21.3. The van der Waals surface area contributed by atoms with E-state index in [1.54, 1.807) is 0 Å². The quantitative estimate of drug-likeness (QED) is 0.143. The molecule has 0 atom stereocenters. The Morgan fingerprint density at radius 1 is 0.476 bits per heavy atom. The third-order valence-corrected chi connectivity index (χ3v) is 7.28. The maximum atomic E-state index is 6.52. The second-order valence-corrected chi connectivity index (χ2v) is 10.3. The molecule has 0 unspecified atom stereocenters. The first-order valence-electron chi connectivity index (χ1n) is 9.81. The second kappa shape index (κ2) is 18.6. The summed E-state index contributed by atoms with van der Waals surface area (Å²) in [4.78, 5) is 0. The topological polar surface area (TPSA) is 0 Å². The Labute approximate surface area is 141 Å². The number of halogens is 1. The van der Waals surface area contributed by atoms with Crippen LogP contribution in [0.4, 0.5) is 0 Å². The third kappa shape index (κ3) is 18.5. The first-order valence-corrected chi connectivity index (χ1v) is 12.7. The fourth-order valence-corrected chi connectivity index (χ4v) is 5.17. The summed E-state index contributed by atoms with van der Waals surface area (Å²) in [7, 11) is -0.514. The van der Waals surface area contributed by atoms with Gasteiger partial charge >= 0.3 is 8.11 Å². The lowest BCUT2D eigenvalue weighted by Crippen LogP contribution is -2.02. The zero-order chi connectivity index (χ0) is 15.6. The van der Waals surface area contributed by atoms with E-state index in [1.165, 1.54) is 108 Å². The molecule has 0 nitrogen and oxygen atoms in total. The van der Waals surface area contributed by atoms with Crippen LogP contribution in [0.15, 0.2) is 0 Å². The molecule has 0 aliphatic heterocycles. The van der Waals surface area contributed by atoms with Crippen LogP contribution < -0.4 is 0 Å². The largest absolute Gasteiger partial charge is 0.431 e. The van der Waals surface area contributed by atoms with Gasteiger partial charge in [-0.3, -0.25) is 0 Å². The smallest absolute Gasteiger partial charge is 0.0654 e. The van der Waals surface area contributed by atoms with Crippen molar-refractivity contribution in [2.24, 2.45) is 0 Å². The van der Waals surface area contributed by atoms with E-state index in [0.29, 0.717) is 0 Å². The van der Waals surface area contributed by atoms with Gasteiger partial charge in [0.05, 0.1) is 23.2 Å². The minimum atomic E-state index is -0.514. The number of hydrogen-bond donors (Lipinski definition) is 0. The summed E-state index contributed by atoms with van der Waals surface area (Å²) in [6, 6.07) is 2.69. The molecule has 0 amide bonds. The Morgan fingerprint density at radius 3 is 1.10 bits per heavy atom. The molecule has 0 fully saturated rings. The van der Waals surface area contributed by atoms with Gasteiger partial charge in [0, 0.05) is 0 Å². The van der Waals surface area contributed by atoms with Crippen LogP contribution in [0.1, 0.15) is 110 Å². The molecular formula is C19H40ClSi+. The van der Waals surface area contributed by atoms with Crippen molar-refractivity contribution in [3.63, 3.8) is 0 Å². The van der Waals surface area contributed by atoms with E-state index in [2.05, 4.69) is 13.8 Å². The number of hydrogen-bond acceptors (Lipinski definition) is 0. The van der Waals surface area contributed by atoms with Crippen LogP contribution in [-0.4, -0.2) is 8.11 Å². The van der Waals surface area contributed by atoms with Crippen molar-refractivity contribution in [2.45, 2.75) is 122 Å². The van der Waals surface area contributed by atoms with Crippen LogP contribution in [0.2, 0.25) is 12.1 Å². The van der Waals surface area contributed by atoms with Gasteiger partial charge in [-0.05, 0) is 12.8 Å². The molecule has 0 aromatic heterocycles. The minimum Gasteiger partial charge on any atom is -0.0654 e. The van der Waals surface area contributed by atoms with Gasteiger partial charge in [0.2, 0.25) is 0 Å². The minimum absolute atomic E-state index is 0.514. The summed E-state index contributed by atoms with van der Waals surface area (Å²) in [5.41, 5.74) is 0. The van der Waals surface area contributed by atoms with Gasteiger partial charge in [-0.2, -0.15) is 0 Å². The van der Waals surface area contributed by atoms with Crippen molar-refractivity contribution in [1.29, 1.82) is 0 Å². The van der Waals surface area contributed by atoms with Crippen LogP contribution in [0.25, 0.3) is 0 Å². The van der Waals surface area contributed by atoms with E-state index in [0.717, 1.165) is 0 Å². The molecule has 0 rings (SSSR count). The number of rotatable bonds is 17. The molecule has 0 saturated carbocycles. The van der Waals surface area contributed by atoms with E-state index < -0.39 is 8.11 Å². The highest BCUT2D eigenvalue weighted by molar-refractivity contribution is 7.06. The highest BCUT2D eigenvalue weighted by atomic mass is 35.6. The molecule has 0 aromatic rings. The van der Waals surface area contributed by atoms with Crippen LogP contribution >= 0.6 is 11.1 Å². The van der Waals surface area contributed by atoms with Gasteiger partial charge in [0.1, 0.15) is 0 Å². The molecule has 0 aromatic carbocycles. The predicted octanol–water partition coefficient (Wildman–Crippen LogP) is 8.11. The molecule has 0 saturated heterocycles. The lowest BCUT2D eigenvalue weighted by atomic mass is 10.1. The fraction of sp³-hybridized carbons (Fsp3) is 1.00. The Bertz CT molecular complexity index is 184. The van der Waals surface area contributed by atoms with E-state index in [1.807, 2.05) is 0 Å². The standard InChI is InChI=1S/C19H40ClSi/c1-3-5-7-9-11-12-13-15-17-19-21(20)18-16-14-10-8-6-4-2/h3-19H2,1-2H3/q+1. The Kier molecular flexibility index (Phi) is 19.0. The maximum Gasteiger partial charge on any atom is 0.431 e. The SMILES string of the molecule is CCCCCCCCCCC[Si+](Cl)CCCCCCCC. The summed E-state index contributed by atoms with van der Waals surface area (Å²) >= 11 is 6.52. The van der Waals surface area contributed by atoms with Crippen molar-refractivity contribution < 1.29 is 0 Å². The van der Waals surface area contributed by atoms with Crippen LogP contribution in [0, 0.1) is 0 Å². The van der Waals surface area contributed by atoms with Gasteiger partial charge in [0.25, 0.3) is 0 Å². The van der Waals surface area contributed by atoms with E-state index in [9.17, 15) is 0 Å². The molecule has 0 heterocycles. The van der Waals surface area contributed by atoms with Crippen LogP contribution in [0.5, 0.6) is 0 Å². The molecule has 0 bridgehead atoms. The molecule has 0 radical (unpaired) electrons. The molecular weight excluding hydrogens is 292 g/mol. The lowest BCUT2D eigenvalue weighted by molar-refractivity contribution is 0.571. The second-order valence-electron chi connectivity index (χ2n) is 6.61. The van der Waals surface area contributed by atoms with Crippen LogP contribution in [0.3, 0.4) is 0 Å². The predicted molar refractivity (Wildman–Crippen MR) is 102 cm³/mol. The van der Waals surface area contributed by atoms with Crippen molar-refractivity contribution >= 4 is 19.2 Å². The van der Waals surface area contributed by atoms with Gasteiger partial charge in [0.15, 0.2) is 0 Å². The first-order chi connectivity index (χ1) is 10.3. The Morgan fingerprint density at radius 2 is 0.762 bits per heavy atom. The zero-order valence-electron chi connectivity index (χ0n) is 14.9. The first kappa shape index (κ1) is 21.5. The normalized spacial score (nSPS) is 11.0. The lowest BCUT2D eigenvalue weighted by Gasteiger charge is -2.01. The Hall–Kier alpha value is 0.507. The van der Waals surface area contributed by atoms with Crippen molar-refractivity contribution in [2.75, 3.05) is 0 Å².